The van der Waals surface area contributed by atoms with E-state index in [9.17, 15) is 18.0 Å². The second-order valence-corrected chi connectivity index (χ2v) is 9.74. The van der Waals surface area contributed by atoms with E-state index in [-0.39, 0.29) is 17.4 Å². The Morgan fingerprint density at radius 2 is 1.81 bits per heavy atom. The molecule has 11 heteroatoms. The lowest BCUT2D eigenvalue weighted by Gasteiger charge is -2.26. The van der Waals surface area contributed by atoms with E-state index in [1.165, 1.54) is 17.8 Å². The van der Waals surface area contributed by atoms with Crippen LogP contribution in [0.15, 0.2) is 35.2 Å². The summed E-state index contributed by atoms with van der Waals surface area (Å²) in [5.41, 5.74) is 0.103. The first-order valence-electron chi connectivity index (χ1n) is 12.0. The number of aliphatic hydroxyl groups excluding tert-OH is 1. The van der Waals surface area contributed by atoms with Gasteiger partial charge in [0.15, 0.2) is 17.5 Å². The highest BCUT2D eigenvalue weighted by molar-refractivity contribution is 7.98. The van der Waals surface area contributed by atoms with Crippen molar-refractivity contribution < 1.29 is 32.5 Å². The number of rotatable bonds is 7. The Hall–Kier alpha value is -1.82. The minimum atomic E-state index is -1.58. The van der Waals surface area contributed by atoms with Crippen molar-refractivity contribution >= 4 is 35.0 Å². The third kappa shape index (κ3) is 11.2. The van der Waals surface area contributed by atoms with E-state index in [0.717, 1.165) is 52.5 Å². The number of benzene rings is 2. The Labute approximate surface area is 225 Å². The van der Waals surface area contributed by atoms with E-state index < -0.39 is 23.4 Å². The first kappa shape index (κ1) is 31.4. The molecule has 2 aromatic carbocycles. The molecule has 1 saturated carbocycles. The van der Waals surface area contributed by atoms with Crippen LogP contribution in [0.5, 0.6) is 0 Å². The zero-order valence-electron chi connectivity index (χ0n) is 21.2. The average molecular weight is 563 g/mol. The number of ether oxygens (including phenoxy) is 2. The zero-order chi connectivity index (χ0) is 27.4. The maximum Gasteiger partial charge on any atom is 0.255 e. The summed E-state index contributed by atoms with van der Waals surface area (Å²) in [6.45, 7) is 10.7. The molecule has 2 fully saturated rings. The van der Waals surface area contributed by atoms with Crippen LogP contribution in [0.2, 0.25) is 5.02 Å². The van der Waals surface area contributed by atoms with Crippen LogP contribution in [0.25, 0.3) is 0 Å². The number of thioether (sulfide) groups is 1. The predicted molar refractivity (Wildman–Crippen MR) is 141 cm³/mol. The van der Waals surface area contributed by atoms with Crippen molar-refractivity contribution in [3.05, 3.63) is 58.4 Å². The Morgan fingerprint density at radius 3 is 2.32 bits per heavy atom. The van der Waals surface area contributed by atoms with Gasteiger partial charge in [-0.2, -0.15) is 0 Å². The van der Waals surface area contributed by atoms with Gasteiger partial charge >= 0.3 is 0 Å². The predicted octanol–water partition coefficient (Wildman–Crippen LogP) is 5.47. The van der Waals surface area contributed by atoms with Crippen LogP contribution in [0, 0.1) is 23.4 Å². The van der Waals surface area contributed by atoms with Crippen LogP contribution < -0.4 is 5.32 Å². The summed E-state index contributed by atoms with van der Waals surface area (Å²) in [6.07, 6.45) is 2.88. The number of anilines is 1. The van der Waals surface area contributed by atoms with Crippen LogP contribution in [0.4, 0.5) is 18.9 Å². The van der Waals surface area contributed by atoms with Crippen LogP contribution in [-0.4, -0.2) is 74.3 Å². The minimum absolute atomic E-state index is 0.0509. The lowest BCUT2D eigenvalue weighted by molar-refractivity contribution is 0.0219. The van der Waals surface area contributed by atoms with Crippen molar-refractivity contribution in [2.45, 2.75) is 31.3 Å². The SMILES string of the molecule is CC1C[C@H]1O.CCOCCN1CCOCC1.CSc1cc(C(=O)Nc2cc(F)c(F)c(F)c2)ccc1Cl. The molecule has 206 valence electrons. The number of morpholine rings is 1. The number of halogens is 4. The van der Waals surface area contributed by atoms with Gasteiger partial charge in [-0.15, -0.1) is 11.8 Å². The fourth-order valence-electron chi connectivity index (χ4n) is 3.10. The van der Waals surface area contributed by atoms with E-state index in [0.29, 0.717) is 28.0 Å². The molecule has 1 saturated heterocycles. The molecule has 1 heterocycles. The molecule has 1 aliphatic heterocycles. The van der Waals surface area contributed by atoms with Crippen molar-refractivity contribution in [3.8, 4) is 0 Å². The van der Waals surface area contributed by atoms with Gasteiger partial charge in [-0.1, -0.05) is 18.5 Å². The number of aliphatic hydroxyl groups is 1. The number of carbonyl (C=O) groups excluding carboxylic acids is 1. The summed E-state index contributed by atoms with van der Waals surface area (Å²) >= 11 is 7.29. The second kappa shape index (κ2) is 16.2. The number of nitrogens with one attached hydrogen (secondary N) is 1. The third-order valence-electron chi connectivity index (χ3n) is 5.58. The molecule has 0 radical (unpaired) electrons. The van der Waals surface area contributed by atoms with Crippen molar-refractivity contribution in [2.24, 2.45) is 5.92 Å². The summed E-state index contributed by atoms with van der Waals surface area (Å²) in [6, 6.07) is 6.00. The summed E-state index contributed by atoms with van der Waals surface area (Å²) < 4.78 is 49.5. The number of hydrogen-bond acceptors (Lipinski definition) is 6. The van der Waals surface area contributed by atoms with E-state index in [2.05, 4.69) is 10.2 Å². The maximum atomic E-state index is 13.1. The monoisotopic (exact) mass is 562 g/mol. The highest BCUT2D eigenvalue weighted by Gasteiger charge is 2.29. The van der Waals surface area contributed by atoms with Crippen molar-refractivity contribution in [1.82, 2.24) is 4.90 Å². The van der Waals surface area contributed by atoms with Crippen molar-refractivity contribution in [3.63, 3.8) is 0 Å². The molecule has 1 unspecified atom stereocenters. The molecular weight excluding hydrogens is 529 g/mol. The second-order valence-electron chi connectivity index (χ2n) is 8.49. The third-order valence-corrected chi connectivity index (χ3v) is 6.80. The summed E-state index contributed by atoms with van der Waals surface area (Å²) in [5, 5.41) is 11.2. The summed E-state index contributed by atoms with van der Waals surface area (Å²) in [7, 11) is 0. The number of amides is 1. The molecule has 2 N–H and O–H groups in total. The lowest BCUT2D eigenvalue weighted by atomic mass is 10.2. The Kier molecular flexibility index (Phi) is 13.8. The molecule has 37 heavy (non-hydrogen) atoms. The lowest BCUT2D eigenvalue weighted by Crippen LogP contribution is -2.38. The molecule has 2 aliphatic rings. The van der Waals surface area contributed by atoms with Gasteiger partial charge in [-0.05, 0) is 43.7 Å². The smallest absolute Gasteiger partial charge is 0.255 e. The molecule has 2 aromatic rings. The number of carbonyl (C=O) groups is 1. The van der Waals surface area contributed by atoms with E-state index in [1.54, 1.807) is 18.4 Å². The number of hydrogen-bond donors (Lipinski definition) is 2. The number of nitrogens with zero attached hydrogens (tertiary/aromatic N) is 1. The maximum absolute atomic E-state index is 13.1. The minimum Gasteiger partial charge on any atom is -0.393 e. The van der Waals surface area contributed by atoms with Gasteiger partial charge in [0.25, 0.3) is 5.91 Å². The fourth-order valence-corrected chi connectivity index (χ4v) is 3.95. The standard InChI is InChI=1S/C14H9ClF3NOS.C8H17NO2.C4H8O/c1-21-12-4-7(2-3-9(12)15)14(20)19-8-5-10(16)13(18)11(17)6-8;1-2-10-6-3-9-4-7-11-8-5-9;1-3-2-4(3)5/h2-6H,1H3,(H,19,20);2-8H2,1H3;3-5H,2H2,1H3/t;;3?,4-/m..1/s1. The van der Waals surface area contributed by atoms with Gasteiger partial charge < -0.3 is 19.9 Å². The average Bonchev–Trinajstić information content (AvgIpc) is 3.55. The van der Waals surface area contributed by atoms with Crippen LogP contribution in [-0.2, 0) is 9.47 Å². The van der Waals surface area contributed by atoms with Crippen LogP contribution in [0.1, 0.15) is 30.6 Å². The van der Waals surface area contributed by atoms with Crippen molar-refractivity contribution in [1.29, 1.82) is 0 Å². The summed E-state index contributed by atoms with van der Waals surface area (Å²) in [5.74, 6) is -4.29. The molecule has 0 spiro atoms. The topological polar surface area (TPSA) is 71.0 Å². The Morgan fingerprint density at radius 1 is 1.22 bits per heavy atom. The van der Waals surface area contributed by atoms with Crippen LogP contribution in [0.3, 0.4) is 0 Å². The Bertz CT molecular complexity index is 983. The molecule has 1 aliphatic carbocycles. The van der Waals surface area contributed by atoms with Crippen LogP contribution >= 0.6 is 23.4 Å². The van der Waals surface area contributed by atoms with Gasteiger partial charge in [0, 0.05) is 54.5 Å². The van der Waals surface area contributed by atoms with E-state index in [1.807, 2.05) is 13.8 Å². The first-order valence-corrected chi connectivity index (χ1v) is 13.6. The van der Waals surface area contributed by atoms with Gasteiger partial charge in [-0.25, -0.2) is 13.2 Å². The molecule has 6 nitrogen and oxygen atoms in total. The van der Waals surface area contributed by atoms with E-state index in [4.69, 9.17) is 26.2 Å². The fraction of sp³-hybridized carbons (Fsp3) is 0.500. The van der Waals surface area contributed by atoms with Gasteiger partial charge in [0.1, 0.15) is 0 Å². The molecular formula is C26H34ClF3N2O4S. The summed E-state index contributed by atoms with van der Waals surface area (Å²) in [4.78, 5) is 15.1. The highest BCUT2D eigenvalue weighted by atomic mass is 35.5. The molecule has 4 rings (SSSR count). The zero-order valence-corrected chi connectivity index (χ0v) is 22.8. The molecule has 0 aromatic heterocycles. The largest absolute Gasteiger partial charge is 0.393 e. The van der Waals surface area contributed by atoms with E-state index >= 15 is 0 Å². The van der Waals surface area contributed by atoms with Gasteiger partial charge in [0.05, 0.1) is 30.9 Å². The normalized spacial score (nSPS) is 18.7. The molecule has 2 atom stereocenters. The molecule has 0 bridgehead atoms. The highest BCUT2D eigenvalue weighted by Crippen LogP contribution is 2.28. The first-order chi connectivity index (χ1) is 17.7. The van der Waals surface area contributed by atoms with Crippen molar-refractivity contribution in [2.75, 3.05) is 57.6 Å². The van der Waals surface area contributed by atoms with Gasteiger partial charge in [-0.3, -0.25) is 9.69 Å². The van der Waals surface area contributed by atoms with Gasteiger partial charge in [0.2, 0.25) is 0 Å². The quantitative estimate of drug-likeness (QED) is 0.265. The molecule has 1 amide bonds. The Balaban J connectivity index is 0.000000248.